The van der Waals surface area contributed by atoms with E-state index >= 15 is 0 Å². The van der Waals surface area contributed by atoms with Gasteiger partial charge in [0.2, 0.25) is 0 Å². The van der Waals surface area contributed by atoms with Crippen LogP contribution in [0, 0.1) is 0 Å². The number of hydrogen-bond acceptors (Lipinski definition) is 4. The van der Waals surface area contributed by atoms with Crippen molar-refractivity contribution in [1.82, 2.24) is 19.9 Å². The minimum absolute atomic E-state index is 0. The van der Waals surface area contributed by atoms with Gasteiger partial charge in [0, 0.05) is 36.2 Å². The Hall–Kier alpha value is -1.40. The van der Waals surface area contributed by atoms with Gasteiger partial charge in [-0.3, -0.25) is 0 Å². The molecule has 0 radical (unpaired) electrons. The van der Waals surface area contributed by atoms with Gasteiger partial charge in [-0.05, 0) is 25.8 Å². The standard InChI is InChI=1S/C19H22N4S.2ClH/c1-2-15-12-16(8-9-20-15)23-11-10-21-18(23)17-13-22-19(24-17)14-6-4-3-5-7-14;;/h3-7,10-11,13,15-16,20H,2,8-9,12H2,1H3;2*1H/t15-,16-;;/m1../s1. The summed E-state index contributed by atoms with van der Waals surface area (Å²) in [5, 5.41) is 4.65. The Labute approximate surface area is 170 Å². The zero-order chi connectivity index (χ0) is 16.4. The van der Waals surface area contributed by atoms with E-state index in [4.69, 9.17) is 0 Å². The zero-order valence-electron chi connectivity index (χ0n) is 14.7. The van der Waals surface area contributed by atoms with Gasteiger partial charge in [0.05, 0.1) is 4.88 Å². The summed E-state index contributed by atoms with van der Waals surface area (Å²) in [5.74, 6) is 1.05. The van der Waals surface area contributed by atoms with Crippen LogP contribution in [0.2, 0.25) is 0 Å². The molecule has 0 aliphatic carbocycles. The number of rotatable bonds is 4. The summed E-state index contributed by atoms with van der Waals surface area (Å²) in [5.41, 5.74) is 1.17. The highest BCUT2D eigenvalue weighted by atomic mass is 35.5. The summed E-state index contributed by atoms with van der Waals surface area (Å²) < 4.78 is 2.35. The molecule has 1 aliphatic rings. The van der Waals surface area contributed by atoms with Gasteiger partial charge in [-0.1, -0.05) is 37.3 Å². The fourth-order valence-corrected chi connectivity index (χ4v) is 4.36. The summed E-state index contributed by atoms with van der Waals surface area (Å²) in [6, 6.07) is 11.5. The van der Waals surface area contributed by atoms with E-state index < -0.39 is 0 Å². The normalized spacial score (nSPS) is 19.4. The van der Waals surface area contributed by atoms with Crippen LogP contribution in [0.15, 0.2) is 48.9 Å². The number of hydrogen-bond donors (Lipinski definition) is 1. The third-order valence-electron chi connectivity index (χ3n) is 4.77. The molecule has 1 N–H and O–H groups in total. The topological polar surface area (TPSA) is 42.7 Å². The van der Waals surface area contributed by atoms with Crippen molar-refractivity contribution < 1.29 is 0 Å². The highest BCUT2D eigenvalue weighted by Gasteiger charge is 2.24. The molecule has 0 bridgehead atoms. The molecule has 2 aromatic heterocycles. The molecule has 1 saturated heterocycles. The number of halogens is 2. The molecule has 1 aliphatic heterocycles. The third-order valence-corrected chi connectivity index (χ3v) is 5.81. The second-order valence-electron chi connectivity index (χ2n) is 6.29. The quantitative estimate of drug-likeness (QED) is 0.640. The Balaban J connectivity index is 0.00000121. The van der Waals surface area contributed by atoms with E-state index in [2.05, 4.69) is 57.2 Å². The van der Waals surface area contributed by atoms with Crippen molar-refractivity contribution in [3.05, 3.63) is 48.9 Å². The van der Waals surface area contributed by atoms with Crippen LogP contribution in [0.1, 0.15) is 32.2 Å². The lowest BCUT2D eigenvalue weighted by atomic mass is 9.97. The number of thiazole rings is 1. The first-order valence-corrected chi connectivity index (χ1v) is 9.44. The van der Waals surface area contributed by atoms with Gasteiger partial charge >= 0.3 is 0 Å². The van der Waals surface area contributed by atoms with Crippen LogP contribution in [0.5, 0.6) is 0 Å². The van der Waals surface area contributed by atoms with Crippen LogP contribution in [-0.4, -0.2) is 27.1 Å². The van der Waals surface area contributed by atoms with Gasteiger partial charge in [0.15, 0.2) is 5.82 Å². The maximum atomic E-state index is 4.63. The Morgan fingerprint density at radius 1 is 1.19 bits per heavy atom. The van der Waals surface area contributed by atoms with E-state index in [9.17, 15) is 0 Å². The Kier molecular flexibility index (Phi) is 7.65. The lowest BCUT2D eigenvalue weighted by molar-refractivity contribution is 0.297. The van der Waals surface area contributed by atoms with Crippen molar-refractivity contribution in [3.8, 4) is 21.3 Å². The Morgan fingerprint density at radius 2 is 2.00 bits per heavy atom. The Morgan fingerprint density at radius 3 is 2.77 bits per heavy atom. The molecule has 3 aromatic rings. The molecule has 0 unspecified atom stereocenters. The van der Waals surface area contributed by atoms with E-state index in [-0.39, 0.29) is 24.8 Å². The molecular formula is C19H24Cl2N4S. The fourth-order valence-electron chi connectivity index (χ4n) is 3.44. The van der Waals surface area contributed by atoms with Gasteiger partial charge in [-0.15, -0.1) is 36.2 Å². The summed E-state index contributed by atoms with van der Waals surface area (Å²) >= 11 is 1.72. The van der Waals surface area contributed by atoms with Crippen LogP contribution < -0.4 is 5.32 Å². The van der Waals surface area contributed by atoms with Gasteiger partial charge in [0.1, 0.15) is 5.01 Å². The van der Waals surface area contributed by atoms with Gasteiger partial charge < -0.3 is 9.88 Å². The van der Waals surface area contributed by atoms with E-state index in [1.165, 1.54) is 18.4 Å². The first-order chi connectivity index (χ1) is 11.8. The van der Waals surface area contributed by atoms with Crippen molar-refractivity contribution in [2.75, 3.05) is 6.54 Å². The van der Waals surface area contributed by atoms with E-state index in [1.807, 2.05) is 18.5 Å². The molecule has 4 rings (SSSR count). The SMILES string of the molecule is CC[C@@H]1C[C@H](n2ccnc2-c2cnc(-c3ccccc3)s2)CCN1.Cl.Cl. The average Bonchev–Trinajstić information content (AvgIpc) is 3.31. The highest BCUT2D eigenvalue weighted by Crippen LogP contribution is 2.34. The monoisotopic (exact) mass is 410 g/mol. The largest absolute Gasteiger partial charge is 0.327 e. The lowest BCUT2D eigenvalue weighted by Crippen LogP contribution is -2.38. The molecule has 2 atom stereocenters. The van der Waals surface area contributed by atoms with Crippen LogP contribution in [0.3, 0.4) is 0 Å². The second kappa shape index (κ2) is 9.51. The van der Waals surface area contributed by atoms with E-state index in [0.717, 1.165) is 28.7 Å². The van der Waals surface area contributed by atoms with Crippen molar-refractivity contribution in [3.63, 3.8) is 0 Å². The van der Waals surface area contributed by atoms with Crippen LogP contribution in [0.25, 0.3) is 21.3 Å². The first-order valence-electron chi connectivity index (χ1n) is 8.63. The second-order valence-corrected chi connectivity index (χ2v) is 7.32. The average molecular weight is 411 g/mol. The summed E-state index contributed by atoms with van der Waals surface area (Å²) in [7, 11) is 0. The van der Waals surface area contributed by atoms with Crippen LogP contribution in [-0.2, 0) is 0 Å². The zero-order valence-corrected chi connectivity index (χ0v) is 17.1. The van der Waals surface area contributed by atoms with Crippen LogP contribution >= 0.6 is 36.2 Å². The maximum Gasteiger partial charge on any atom is 0.151 e. The summed E-state index contributed by atoms with van der Waals surface area (Å²) in [4.78, 5) is 10.4. The third kappa shape index (κ3) is 4.29. The van der Waals surface area contributed by atoms with E-state index in [1.54, 1.807) is 11.3 Å². The number of nitrogens with one attached hydrogen (secondary N) is 1. The molecule has 140 valence electrons. The first kappa shape index (κ1) is 20.9. The van der Waals surface area contributed by atoms with E-state index in [0.29, 0.717) is 12.1 Å². The minimum Gasteiger partial charge on any atom is -0.327 e. The smallest absolute Gasteiger partial charge is 0.151 e. The molecule has 7 heteroatoms. The fraction of sp³-hybridized carbons (Fsp3) is 0.368. The molecule has 1 fully saturated rings. The van der Waals surface area contributed by atoms with Gasteiger partial charge in [0.25, 0.3) is 0 Å². The van der Waals surface area contributed by atoms with Crippen molar-refractivity contribution in [2.24, 2.45) is 0 Å². The van der Waals surface area contributed by atoms with Crippen molar-refractivity contribution in [2.45, 2.75) is 38.3 Å². The molecule has 26 heavy (non-hydrogen) atoms. The summed E-state index contributed by atoms with van der Waals surface area (Å²) in [6.07, 6.45) is 9.51. The lowest BCUT2D eigenvalue weighted by Gasteiger charge is -2.31. The molecule has 0 amide bonds. The van der Waals surface area contributed by atoms with Gasteiger partial charge in [-0.25, -0.2) is 9.97 Å². The molecule has 1 aromatic carbocycles. The van der Waals surface area contributed by atoms with Gasteiger partial charge in [-0.2, -0.15) is 0 Å². The summed E-state index contributed by atoms with van der Waals surface area (Å²) in [6.45, 7) is 3.34. The van der Waals surface area contributed by atoms with Crippen molar-refractivity contribution >= 4 is 36.2 Å². The number of imidazole rings is 1. The maximum absolute atomic E-state index is 4.63. The molecule has 4 nitrogen and oxygen atoms in total. The highest BCUT2D eigenvalue weighted by molar-refractivity contribution is 7.18. The number of benzene rings is 1. The minimum atomic E-state index is 0. The Bertz CT molecular complexity index is 803. The van der Waals surface area contributed by atoms with Crippen molar-refractivity contribution in [1.29, 1.82) is 0 Å². The molecular weight excluding hydrogens is 387 g/mol. The van der Waals surface area contributed by atoms with Crippen LogP contribution in [0.4, 0.5) is 0 Å². The molecule has 0 saturated carbocycles. The number of piperidine rings is 1. The molecule has 3 heterocycles. The molecule has 0 spiro atoms. The predicted molar refractivity (Wildman–Crippen MR) is 114 cm³/mol. The number of aromatic nitrogens is 3. The number of nitrogens with zero attached hydrogens (tertiary/aromatic N) is 3. The predicted octanol–water partition coefficient (Wildman–Crippen LogP) is 5.22.